The number of nitrogens with zero attached hydrogens (tertiary/aromatic N) is 5. The first-order chi connectivity index (χ1) is 18.1. The molecule has 2 aromatic heterocycles. The number of alkyl halides is 3. The first-order valence-electron chi connectivity index (χ1n) is 12.6. The molecule has 1 amide bonds. The summed E-state index contributed by atoms with van der Waals surface area (Å²) in [6.07, 6.45) is -0.615. The molecule has 3 heterocycles. The van der Waals surface area contributed by atoms with Gasteiger partial charge in [0.2, 0.25) is 0 Å². The molecule has 1 aliphatic heterocycles. The molecule has 3 aromatic rings. The summed E-state index contributed by atoms with van der Waals surface area (Å²) >= 11 is 0. The molecule has 3 atom stereocenters. The van der Waals surface area contributed by atoms with Gasteiger partial charge in [-0.05, 0) is 57.2 Å². The van der Waals surface area contributed by atoms with Crippen LogP contribution in [0.1, 0.15) is 67.7 Å². The normalized spacial score (nSPS) is 21.8. The lowest BCUT2D eigenvalue weighted by atomic mass is 9.85. The summed E-state index contributed by atoms with van der Waals surface area (Å²) in [6, 6.07) is 4.38. The largest absolute Gasteiger partial charge is 0.481 e. The SMILES string of the molecule is COC(=O)N1c2ccc3c(nc(Cc4cc(C(F)(F)F)cnn4)n3[C@@H]3CCC[C@@H](C(=O)O)C3)c2CCC1C. The number of carboxylic acid groups (broad SMARTS) is 1. The van der Waals surface area contributed by atoms with E-state index in [4.69, 9.17) is 9.72 Å². The number of fused-ring (bicyclic) bond motifs is 3. The average Bonchev–Trinajstić information content (AvgIpc) is 3.25. The number of aliphatic carboxylic acids is 1. The van der Waals surface area contributed by atoms with E-state index in [0.717, 1.165) is 23.6 Å². The number of benzene rings is 1. The van der Waals surface area contributed by atoms with E-state index in [0.29, 0.717) is 55.3 Å². The van der Waals surface area contributed by atoms with Gasteiger partial charge < -0.3 is 14.4 Å². The second kappa shape index (κ2) is 9.88. The molecule has 9 nitrogen and oxygen atoms in total. The predicted octanol–water partition coefficient (Wildman–Crippen LogP) is 5.16. The number of rotatable bonds is 4. The van der Waals surface area contributed by atoms with Crippen LogP contribution in [0.5, 0.6) is 0 Å². The summed E-state index contributed by atoms with van der Waals surface area (Å²) in [6.45, 7) is 1.94. The number of aryl methyl sites for hydroxylation is 1. The molecule has 12 heteroatoms. The Balaban J connectivity index is 1.65. The predicted molar refractivity (Wildman–Crippen MR) is 131 cm³/mol. The highest BCUT2D eigenvalue weighted by atomic mass is 19.4. The monoisotopic (exact) mass is 531 g/mol. The second-order valence-corrected chi connectivity index (χ2v) is 10.0. The van der Waals surface area contributed by atoms with E-state index in [1.54, 1.807) is 4.90 Å². The Bertz CT molecular complexity index is 1390. The number of carbonyl (C=O) groups is 2. The van der Waals surface area contributed by atoms with Gasteiger partial charge in [-0.25, -0.2) is 9.78 Å². The quantitative estimate of drug-likeness (QED) is 0.495. The number of hydrogen-bond donors (Lipinski definition) is 1. The van der Waals surface area contributed by atoms with Crippen LogP contribution in [0, 0.1) is 5.92 Å². The van der Waals surface area contributed by atoms with Crippen molar-refractivity contribution < 1.29 is 32.6 Å². The van der Waals surface area contributed by atoms with Crippen molar-refractivity contribution in [3.8, 4) is 0 Å². The highest BCUT2D eigenvalue weighted by Crippen LogP contribution is 2.41. The van der Waals surface area contributed by atoms with Crippen molar-refractivity contribution in [1.29, 1.82) is 0 Å². The maximum atomic E-state index is 13.3. The third kappa shape index (κ3) is 4.67. The Labute approximate surface area is 216 Å². The molecule has 202 valence electrons. The van der Waals surface area contributed by atoms with E-state index in [1.165, 1.54) is 7.11 Å². The zero-order valence-electron chi connectivity index (χ0n) is 21.0. The van der Waals surface area contributed by atoms with Gasteiger partial charge in [0.25, 0.3) is 0 Å². The van der Waals surface area contributed by atoms with Crippen LogP contribution in [0.2, 0.25) is 0 Å². The van der Waals surface area contributed by atoms with Crippen LogP contribution in [0.25, 0.3) is 11.0 Å². The number of hydrogen-bond acceptors (Lipinski definition) is 6. The Morgan fingerprint density at radius 1 is 1.21 bits per heavy atom. The van der Waals surface area contributed by atoms with Crippen molar-refractivity contribution in [3.05, 3.63) is 47.0 Å². The van der Waals surface area contributed by atoms with Crippen LogP contribution in [0.3, 0.4) is 0 Å². The molecule has 1 N–H and O–H groups in total. The molecule has 38 heavy (non-hydrogen) atoms. The molecule has 1 aromatic carbocycles. The number of anilines is 1. The van der Waals surface area contributed by atoms with Gasteiger partial charge in [0.05, 0.1) is 53.6 Å². The standard InChI is InChI=1S/C26H28F3N5O4/c1-14-6-7-19-20(33(14)25(37)38-2)8-9-21-23(19)31-22(12-17-11-16(13-30-32-17)26(27,28)29)34(21)18-5-3-4-15(10-18)24(35)36/h8-9,11,13-15,18H,3-7,10,12H2,1-2H3,(H,35,36)/t14?,15-,18-/m1/s1. The first kappa shape index (κ1) is 25.9. The minimum Gasteiger partial charge on any atom is -0.481 e. The summed E-state index contributed by atoms with van der Waals surface area (Å²) in [7, 11) is 1.33. The lowest BCUT2D eigenvalue weighted by Gasteiger charge is -2.34. The minimum atomic E-state index is -4.56. The molecular weight excluding hydrogens is 503 g/mol. The highest BCUT2D eigenvalue weighted by molar-refractivity contribution is 5.95. The van der Waals surface area contributed by atoms with Crippen molar-refractivity contribution >= 4 is 28.8 Å². The van der Waals surface area contributed by atoms with E-state index in [1.807, 2.05) is 23.6 Å². The van der Waals surface area contributed by atoms with Gasteiger partial charge in [0.15, 0.2) is 0 Å². The maximum absolute atomic E-state index is 13.3. The van der Waals surface area contributed by atoms with Crippen LogP contribution in [0.4, 0.5) is 23.7 Å². The number of methoxy groups -OCH3 is 1. The second-order valence-electron chi connectivity index (χ2n) is 10.0. The molecule has 0 spiro atoms. The first-order valence-corrected chi connectivity index (χ1v) is 12.6. The average molecular weight is 532 g/mol. The number of aromatic nitrogens is 4. The topological polar surface area (TPSA) is 110 Å². The Kier molecular flexibility index (Phi) is 6.74. The number of carboxylic acids is 1. The van der Waals surface area contributed by atoms with Crippen molar-refractivity contribution in [1.82, 2.24) is 19.7 Å². The molecule has 2 aliphatic rings. The number of amides is 1. The van der Waals surface area contributed by atoms with Gasteiger partial charge in [-0.2, -0.15) is 23.4 Å². The molecule has 0 radical (unpaired) electrons. The van der Waals surface area contributed by atoms with Gasteiger partial charge in [0.1, 0.15) is 5.82 Å². The molecule has 1 aliphatic carbocycles. The van der Waals surface area contributed by atoms with Crippen molar-refractivity contribution in [2.24, 2.45) is 5.92 Å². The van der Waals surface area contributed by atoms with Crippen LogP contribution in [-0.4, -0.2) is 50.1 Å². The number of carbonyl (C=O) groups excluding carboxylic acids is 1. The van der Waals surface area contributed by atoms with Gasteiger partial charge in [-0.1, -0.05) is 6.42 Å². The van der Waals surface area contributed by atoms with Gasteiger partial charge in [0, 0.05) is 17.6 Å². The van der Waals surface area contributed by atoms with Crippen LogP contribution in [-0.2, 0) is 28.5 Å². The fourth-order valence-electron chi connectivity index (χ4n) is 5.79. The molecule has 1 fully saturated rings. The fourth-order valence-corrected chi connectivity index (χ4v) is 5.79. The highest BCUT2D eigenvalue weighted by Gasteiger charge is 2.35. The van der Waals surface area contributed by atoms with E-state index < -0.39 is 29.7 Å². The summed E-state index contributed by atoms with van der Waals surface area (Å²) in [4.78, 5) is 30.8. The maximum Gasteiger partial charge on any atom is 0.418 e. The number of halogens is 3. The summed E-state index contributed by atoms with van der Waals surface area (Å²) < 4.78 is 47.0. The smallest absolute Gasteiger partial charge is 0.418 e. The Hall–Kier alpha value is -3.70. The molecule has 0 saturated heterocycles. The molecule has 1 unspecified atom stereocenters. The lowest BCUT2D eigenvalue weighted by molar-refractivity contribution is -0.143. The van der Waals surface area contributed by atoms with Gasteiger partial charge >= 0.3 is 18.2 Å². The van der Waals surface area contributed by atoms with Crippen LogP contribution in [0.15, 0.2) is 24.4 Å². The van der Waals surface area contributed by atoms with Crippen molar-refractivity contribution in [3.63, 3.8) is 0 Å². The number of imidazole rings is 1. The third-order valence-corrected chi connectivity index (χ3v) is 7.63. The van der Waals surface area contributed by atoms with Gasteiger partial charge in [-0.3, -0.25) is 9.69 Å². The van der Waals surface area contributed by atoms with Crippen LogP contribution < -0.4 is 4.90 Å². The summed E-state index contributed by atoms with van der Waals surface area (Å²) in [5, 5.41) is 17.1. The fraction of sp³-hybridized carbons (Fsp3) is 0.500. The molecule has 1 saturated carbocycles. The van der Waals surface area contributed by atoms with E-state index in [2.05, 4.69) is 10.2 Å². The number of ether oxygens (including phenoxy) is 1. The summed E-state index contributed by atoms with van der Waals surface area (Å²) in [5.74, 6) is -0.883. The molecule has 0 bridgehead atoms. The van der Waals surface area contributed by atoms with Crippen molar-refractivity contribution in [2.75, 3.05) is 12.0 Å². The zero-order chi connectivity index (χ0) is 27.2. The Morgan fingerprint density at radius 3 is 2.71 bits per heavy atom. The lowest BCUT2D eigenvalue weighted by Crippen LogP contribution is -2.42. The Morgan fingerprint density at radius 2 is 2.00 bits per heavy atom. The molecular formula is C26H28F3N5O4. The van der Waals surface area contributed by atoms with Gasteiger partial charge in [-0.15, -0.1) is 0 Å². The van der Waals surface area contributed by atoms with Crippen LogP contribution >= 0.6 is 0 Å². The molecule has 5 rings (SSSR count). The zero-order valence-corrected chi connectivity index (χ0v) is 21.0. The third-order valence-electron chi connectivity index (χ3n) is 7.63. The van der Waals surface area contributed by atoms with E-state index >= 15 is 0 Å². The summed E-state index contributed by atoms with van der Waals surface area (Å²) in [5.41, 5.74) is 2.16. The minimum absolute atomic E-state index is 0.00820. The van der Waals surface area contributed by atoms with Crippen molar-refractivity contribution in [2.45, 2.75) is 70.1 Å². The van der Waals surface area contributed by atoms with E-state index in [9.17, 15) is 27.9 Å². The van der Waals surface area contributed by atoms with E-state index in [-0.39, 0.29) is 24.2 Å².